The molecule has 154 valence electrons. The minimum absolute atomic E-state index is 0.131. The number of esters is 1. The van der Waals surface area contributed by atoms with E-state index in [0.717, 1.165) is 7.11 Å². The van der Waals surface area contributed by atoms with E-state index in [2.05, 4.69) is 10.6 Å². The number of hydrogen-bond acceptors (Lipinski definition) is 6. The molecule has 2 N–H and O–H groups in total. The van der Waals surface area contributed by atoms with Crippen LogP contribution in [0, 0.1) is 0 Å². The van der Waals surface area contributed by atoms with E-state index in [-0.39, 0.29) is 34.2 Å². The smallest absolute Gasteiger partial charge is 0.328 e. The molecule has 0 unspecified atom stereocenters. The first-order valence-electron chi connectivity index (χ1n) is 8.77. The van der Waals surface area contributed by atoms with Crippen LogP contribution in [0.2, 0.25) is 0 Å². The molecule has 0 aliphatic rings. The molecule has 2 aromatic rings. The summed E-state index contributed by atoms with van der Waals surface area (Å²) in [5.74, 6) is -2.12. The minimum atomic E-state index is -3.64. The third-order valence-corrected chi connectivity index (χ3v) is 5.81. The summed E-state index contributed by atoms with van der Waals surface area (Å²) in [5.41, 5.74) is 0.417. The zero-order valence-corrected chi connectivity index (χ0v) is 16.9. The molecule has 0 heterocycles. The van der Waals surface area contributed by atoms with Crippen molar-refractivity contribution in [1.82, 2.24) is 5.32 Å². The van der Waals surface area contributed by atoms with Gasteiger partial charge in [-0.1, -0.05) is 30.3 Å². The highest BCUT2D eigenvalue weighted by atomic mass is 32.2. The third kappa shape index (κ3) is 6.15. The number of para-hydroxylation sites is 1. The van der Waals surface area contributed by atoms with Crippen molar-refractivity contribution in [2.75, 3.05) is 18.2 Å². The molecular formula is C20H22N2O6S. The highest BCUT2D eigenvalue weighted by molar-refractivity contribution is 7.91. The Morgan fingerprint density at radius 1 is 1.00 bits per heavy atom. The lowest BCUT2D eigenvalue weighted by Gasteiger charge is -2.18. The number of hydrogen-bond donors (Lipinski definition) is 2. The van der Waals surface area contributed by atoms with Crippen LogP contribution >= 0.6 is 0 Å². The molecule has 0 aliphatic carbocycles. The van der Waals surface area contributed by atoms with E-state index < -0.39 is 27.8 Å². The van der Waals surface area contributed by atoms with Gasteiger partial charge in [0.2, 0.25) is 5.91 Å². The van der Waals surface area contributed by atoms with Crippen LogP contribution in [-0.2, 0) is 24.2 Å². The van der Waals surface area contributed by atoms with Gasteiger partial charge >= 0.3 is 5.97 Å². The molecule has 29 heavy (non-hydrogen) atoms. The van der Waals surface area contributed by atoms with E-state index in [0.29, 0.717) is 0 Å². The van der Waals surface area contributed by atoms with Crippen LogP contribution in [0.3, 0.4) is 0 Å². The molecule has 0 saturated carbocycles. The molecule has 1 atom stereocenters. The summed E-state index contributed by atoms with van der Waals surface area (Å²) >= 11 is 0. The van der Waals surface area contributed by atoms with Crippen molar-refractivity contribution in [2.24, 2.45) is 0 Å². The van der Waals surface area contributed by atoms with E-state index in [9.17, 15) is 22.8 Å². The number of rotatable bonds is 8. The molecule has 0 spiro atoms. The van der Waals surface area contributed by atoms with E-state index in [1.165, 1.54) is 25.1 Å². The Morgan fingerprint density at radius 3 is 2.24 bits per heavy atom. The van der Waals surface area contributed by atoms with Crippen molar-refractivity contribution >= 4 is 33.3 Å². The first kappa shape index (κ1) is 22.1. The largest absolute Gasteiger partial charge is 0.467 e. The van der Waals surface area contributed by atoms with Gasteiger partial charge in [0.05, 0.1) is 29.0 Å². The Bertz CT molecular complexity index is 989. The van der Waals surface area contributed by atoms with E-state index >= 15 is 0 Å². The monoisotopic (exact) mass is 418 g/mol. The molecule has 0 fully saturated rings. The van der Waals surface area contributed by atoms with Crippen molar-refractivity contribution in [3.63, 3.8) is 0 Å². The van der Waals surface area contributed by atoms with Crippen molar-refractivity contribution in [3.8, 4) is 0 Å². The fraction of sp³-hybridized carbons (Fsp3) is 0.250. The maximum absolute atomic E-state index is 12.7. The lowest BCUT2D eigenvalue weighted by atomic mass is 10.1. The summed E-state index contributed by atoms with van der Waals surface area (Å²) < 4.78 is 29.6. The van der Waals surface area contributed by atoms with Gasteiger partial charge in [-0.05, 0) is 30.7 Å². The quantitative estimate of drug-likeness (QED) is 0.631. The molecule has 0 aliphatic heterocycles. The van der Waals surface area contributed by atoms with Crippen LogP contribution < -0.4 is 10.6 Å². The van der Waals surface area contributed by atoms with Gasteiger partial charge in [-0.2, -0.15) is 0 Å². The Kier molecular flexibility index (Phi) is 7.49. The van der Waals surface area contributed by atoms with Crippen LogP contribution in [0.4, 0.5) is 5.69 Å². The van der Waals surface area contributed by atoms with Crippen molar-refractivity contribution < 1.29 is 27.5 Å². The Balaban J connectivity index is 2.17. The van der Waals surface area contributed by atoms with Gasteiger partial charge in [-0.3, -0.25) is 9.59 Å². The van der Waals surface area contributed by atoms with Crippen LogP contribution in [0.1, 0.15) is 23.7 Å². The zero-order chi connectivity index (χ0) is 21.4. The highest BCUT2D eigenvalue weighted by Gasteiger charge is 2.26. The van der Waals surface area contributed by atoms with Gasteiger partial charge in [0.15, 0.2) is 9.84 Å². The third-order valence-electron chi connectivity index (χ3n) is 4.05. The Labute approximate surface area is 169 Å². The van der Waals surface area contributed by atoms with Gasteiger partial charge in [0.1, 0.15) is 6.04 Å². The van der Waals surface area contributed by atoms with Crippen LogP contribution in [0.5, 0.6) is 0 Å². The van der Waals surface area contributed by atoms with Crippen molar-refractivity contribution in [3.05, 3.63) is 60.2 Å². The molecule has 9 heteroatoms. The fourth-order valence-corrected chi connectivity index (χ4v) is 3.98. The number of anilines is 1. The molecule has 0 aromatic heterocycles. The predicted molar refractivity (Wildman–Crippen MR) is 107 cm³/mol. The molecule has 0 bridgehead atoms. The molecular weight excluding hydrogens is 396 g/mol. The number of methoxy groups -OCH3 is 1. The molecule has 0 radical (unpaired) electrons. The first-order chi connectivity index (χ1) is 13.7. The van der Waals surface area contributed by atoms with Gasteiger partial charge in [0, 0.05) is 6.92 Å². The summed E-state index contributed by atoms with van der Waals surface area (Å²) in [5, 5.41) is 5.03. The zero-order valence-electron chi connectivity index (χ0n) is 16.0. The van der Waals surface area contributed by atoms with Crippen molar-refractivity contribution in [1.29, 1.82) is 0 Å². The highest BCUT2D eigenvalue weighted by Crippen LogP contribution is 2.16. The average molecular weight is 418 g/mol. The van der Waals surface area contributed by atoms with Gasteiger partial charge in [-0.15, -0.1) is 0 Å². The van der Waals surface area contributed by atoms with Crippen LogP contribution in [0.15, 0.2) is 59.5 Å². The molecule has 0 saturated heterocycles. The number of ether oxygens (including phenoxy) is 1. The standard InChI is InChI=1S/C20H22N2O6S/c1-14(23)21-17-11-7-6-10-16(17)19(24)22-18(20(25)28-2)12-13-29(26,27)15-8-4-3-5-9-15/h3-11,18H,12-13H2,1-2H3,(H,21,23)(H,22,24)/t18-/m1/s1. The number of nitrogens with one attached hydrogen (secondary N) is 2. The summed E-state index contributed by atoms with van der Waals surface area (Å²) in [6.07, 6.45) is -0.169. The second-order valence-corrected chi connectivity index (χ2v) is 8.31. The van der Waals surface area contributed by atoms with Gasteiger partial charge in [-0.25, -0.2) is 13.2 Å². The van der Waals surface area contributed by atoms with E-state index in [1.54, 1.807) is 36.4 Å². The fourth-order valence-electron chi connectivity index (χ4n) is 2.63. The Hall–Kier alpha value is -3.20. The maximum Gasteiger partial charge on any atom is 0.328 e. The number of carbonyl (C=O) groups excluding carboxylic acids is 3. The summed E-state index contributed by atoms with van der Waals surface area (Å²) in [6.45, 7) is 1.31. The lowest BCUT2D eigenvalue weighted by Crippen LogP contribution is -2.42. The number of benzene rings is 2. The van der Waals surface area contributed by atoms with E-state index in [4.69, 9.17) is 4.74 Å². The second-order valence-electron chi connectivity index (χ2n) is 6.20. The topological polar surface area (TPSA) is 119 Å². The predicted octanol–water partition coefficient (Wildman–Crippen LogP) is 1.78. The maximum atomic E-state index is 12.7. The van der Waals surface area contributed by atoms with Crippen molar-refractivity contribution in [2.45, 2.75) is 24.3 Å². The minimum Gasteiger partial charge on any atom is -0.467 e. The second kappa shape index (κ2) is 9.83. The summed E-state index contributed by atoms with van der Waals surface area (Å²) in [4.78, 5) is 36.2. The lowest BCUT2D eigenvalue weighted by molar-refractivity contribution is -0.142. The summed E-state index contributed by atoms with van der Waals surface area (Å²) in [7, 11) is -2.49. The van der Waals surface area contributed by atoms with Crippen LogP contribution in [0.25, 0.3) is 0 Å². The van der Waals surface area contributed by atoms with Gasteiger partial charge in [0.25, 0.3) is 5.91 Å². The Morgan fingerprint density at radius 2 is 1.62 bits per heavy atom. The SMILES string of the molecule is COC(=O)[C@@H](CCS(=O)(=O)c1ccccc1)NC(=O)c1ccccc1NC(C)=O. The van der Waals surface area contributed by atoms with Crippen LogP contribution in [-0.4, -0.2) is 45.1 Å². The van der Waals surface area contributed by atoms with Gasteiger partial charge < -0.3 is 15.4 Å². The average Bonchev–Trinajstić information content (AvgIpc) is 2.71. The number of carbonyl (C=O) groups is 3. The molecule has 8 nitrogen and oxygen atoms in total. The van der Waals surface area contributed by atoms with E-state index in [1.807, 2.05) is 0 Å². The number of sulfone groups is 1. The number of amides is 2. The summed E-state index contributed by atoms with van der Waals surface area (Å²) in [6, 6.07) is 12.9. The normalized spacial score (nSPS) is 11.9. The molecule has 2 rings (SSSR count). The molecule has 2 aromatic carbocycles. The molecule has 2 amide bonds. The first-order valence-corrected chi connectivity index (χ1v) is 10.4.